The van der Waals surface area contributed by atoms with Crippen LogP contribution in [0.2, 0.25) is 5.02 Å². The number of rotatable bonds is 3. The number of hydrogen-bond donors (Lipinski definition) is 1. The van der Waals surface area contributed by atoms with Gasteiger partial charge in [-0.3, -0.25) is 9.59 Å². The molecule has 0 fully saturated rings. The highest BCUT2D eigenvalue weighted by Gasteiger charge is 2.16. The number of allylic oxidation sites excluding steroid dienone is 2. The molecule has 2 rings (SSSR count). The predicted octanol–water partition coefficient (Wildman–Crippen LogP) is 3.78. The number of carbonyl (C=O) groups excluding carboxylic acids is 2. The normalized spacial score (nSPS) is 11.6. The highest BCUT2D eigenvalue weighted by molar-refractivity contribution is 7.21. The Morgan fingerprint density at radius 3 is 2.58 bits per heavy atom. The number of thiophene rings is 1. The molecule has 1 N–H and O–H groups in total. The lowest BCUT2D eigenvalue weighted by molar-refractivity contribution is -0.112. The van der Waals surface area contributed by atoms with E-state index in [2.05, 4.69) is 5.32 Å². The zero-order valence-corrected chi connectivity index (χ0v) is 12.1. The van der Waals surface area contributed by atoms with Gasteiger partial charge in [0.15, 0.2) is 5.78 Å². The second kappa shape index (κ2) is 5.55. The number of fused-ring (bicyclic) bond motifs is 1. The van der Waals surface area contributed by atoms with Crippen molar-refractivity contribution in [1.29, 1.82) is 0 Å². The van der Waals surface area contributed by atoms with E-state index in [-0.39, 0.29) is 11.7 Å². The molecule has 1 heterocycles. The number of nitrogens with one attached hydrogen (secondary N) is 1. The van der Waals surface area contributed by atoms with Crippen molar-refractivity contribution in [3.63, 3.8) is 0 Å². The van der Waals surface area contributed by atoms with Gasteiger partial charge in [0.2, 0.25) is 0 Å². The highest BCUT2D eigenvalue weighted by atomic mass is 35.5. The summed E-state index contributed by atoms with van der Waals surface area (Å²) in [5.41, 5.74) is 0.506. The molecule has 0 aliphatic carbocycles. The van der Waals surface area contributed by atoms with Gasteiger partial charge in [-0.1, -0.05) is 29.8 Å². The Hall–Kier alpha value is -1.65. The molecule has 1 amide bonds. The van der Waals surface area contributed by atoms with Crippen molar-refractivity contribution in [3.05, 3.63) is 45.9 Å². The topological polar surface area (TPSA) is 46.2 Å². The van der Waals surface area contributed by atoms with Crippen molar-refractivity contribution in [2.24, 2.45) is 0 Å². The Kier molecular flexibility index (Phi) is 4.02. The van der Waals surface area contributed by atoms with Gasteiger partial charge in [0.25, 0.3) is 5.91 Å². The summed E-state index contributed by atoms with van der Waals surface area (Å²) in [5, 5.41) is 3.98. The molecular weight excluding hydrogens is 282 g/mol. The molecule has 0 atom stereocenters. The maximum Gasteiger partial charge on any atom is 0.267 e. The minimum Gasteiger partial charge on any atom is -0.325 e. The Labute approximate surface area is 119 Å². The van der Waals surface area contributed by atoms with E-state index in [1.165, 1.54) is 24.3 Å². The second-order valence-electron chi connectivity index (χ2n) is 4.13. The summed E-state index contributed by atoms with van der Waals surface area (Å²) in [6, 6.07) is 7.57. The Balaban J connectivity index is 2.32. The van der Waals surface area contributed by atoms with E-state index in [1.807, 2.05) is 24.3 Å². The molecule has 2 aromatic rings. The van der Waals surface area contributed by atoms with Crippen LogP contribution in [0.25, 0.3) is 10.1 Å². The van der Waals surface area contributed by atoms with E-state index in [0.717, 1.165) is 10.1 Å². The monoisotopic (exact) mass is 293 g/mol. The summed E-state index contributed by atoms with van der Waals surface area (Å²) in [6.45, 7) is 3.10. The van der Waals surface area contributed by atoms with E-state index in [1.54, 1.807) is 6.92 Å². The Bertz CT molecular complexity index is 688. The molecule has 0 radical (unpaired) electrons. The summed E-state index contributed by atoms with van der Waals surface area (Å²) in [4.78, 5) is 23.5. The minimum absolute atomic E-state index is 0.111. The predicted molar refractivity (Wildman–Crippen MR) is 78.7 cm³/mol. The zero-order valence-electron chi connectivity index (χ0n) is 10.5. The van der Waals surface area contributed by atoms with Crippen LogP contribution in [0.3, 0.4) is 0 Å². The standard InChI is InChI=1S/C14H12ClNO2S/c1-8(7-9(2)17)16-14(18)13-12(15)10-5-3-4-6-11(10)19-13/h3-7H,1-2H3,(H,16,18). The summed E-state index contributed by atoms with van der Waals surface area (Å²) < 4.78 is 0.964. The number of hydrogen-bond acceptors (Lipinski definition) is 3. The van der Waals surface area contributed by atoms with Crippen LogP contribution in [0.5, 0.6) is 0 Å². The van der Waals surface area contributed by atoms with Gasteiger partial charge in [-0.05, 0) is 26.0 Å². The van der Waals surface area contributed by atoms with Crippen molar-refractivity contribution in [3.8, 4) is 0 Å². The van der Waals surface area contributed by atoms with E-state index in [4.69, 9.17) is 11.6 Å². The minimum atomic E-state index is -0.291. The van der Waals surface area contributed by atoms with Gasteiger partial charge in [0.05, 0.1) is 5.02 Å². The van der Waals surface area contributed by atoms with Crippen molar-refractivity contribution in [1.82, 2.24) is 5.32 Å². The molecule has 0 saturated heterocycles. The third-order valence-corrected chi connectivity index (χ3v) is 4.15. The molecule has 1 aromatic carbocycles. The summed E-state index contributed by atoms with van der Waals surface area (Å²) in [7, 11) is 0. The molecule has 0 unspecified atom stereocenters. The van der Waals surface area contributed by atoms with Gasteiger partial charge in [-0.25, -0.2) is 0 Å². The summed E-state index contributed by atoms with van der Waals surface area (Å²) >= 11 is 7.54. The number of ketones is 1. The van der Waals surface area contributed by atoms with E-state index >= 15 is 0 Å². The van der Waals surface area contributed by atoms with Crippen LogP contribution in [-0.4, -0.2) is 11.7 Å². The molecule has 5 heteroatoms. The first-order chi connectivity index (χ1) is 8.99. The quantitative estimate of drug-likeness (QED) is 0.876. The average Bonchev–Trinajstić information content (AvgIpc) is 2.66. The van der Waals surface area contributed by atoms with Crippen LogP contribution in [0.1, 0.15) is 23.5 Å². The van der Waals surface area contributed by atoms with Gasteiger partial charge in [-0.2, -0.15) is 0 Å². The summed E-state index contributed by atoms with van der Waals surface area (Å²) in [6.07, 6.45) is 1.37. The van der Waals surface area contributed by atoms with Crippen LogP contribution < -0.4 is 5.32 Å². The van der Waals surface area contributed by atoms with Gasteiger partial charge < -0.3 is 5.32 Å². The first-order valence-electron chi connectivity index (χ1n) is 5.66. The van der Waals surface area contributed by atoms with Gasteiger partial charge in [-0.15, -0.1) is 11.3 Å². The molecular formula is C14H12ClNO2S. The van der Waals surface area contributed by atoms with E-state index in [0.29, 0.717) is 15.6 Å². The van der Waals surface area contributed by atoms with Crippen molar-refractivity contribution >= 4 is 44.7 Å². The third-order valence-electron chi connectivity index (χ3n) is 2.47. The number of carbonyl (C=O) groups is 2. The smallest absolute Gasteiger partial charge is 0.267 e. The van der Waals surface area contributed by atoms with Gasteiger partial charge in [0, 0.05) is 15.8 Å². The first-order valence-corrected chi connectivity index (χ1v) is 6.85. The fourth-order valence-electron chi connectivity index (χ4n) is 1.74. The van der Waals surface area contributed by atoms with Crippen LogP contribution >= 0.6 is 22.9 Å². The van der Waals surface area contributed by atoms with Crippen molar-refractivity contribution in [2.75, 3.05) is 0 Å². The molecule has 19 heavy (non-hydrogen) atoms. The second-order valence-corrected chi connectivity index (χ2v) is 5.56. The molecule has 3 nitrogen and oxygen atoms in total. The largest absolute Gasteiger partial charge is 0.325 e. The fourth-order valence-corrected chi connectivity index (χ4v) is 3.15. The molecule has 1 aromatic heterocycles. The van der Waals surface area contributed by atoms with Crippen molar-refractivity contribution in [2.45, 2.75) is 13.8 Å². The molecule has 98 valence electrons. The number of benzene rings is 1. The zero-order chi connectivity index (χ0) is 14.0. The van der Waals surface area contributed by atoms with Crippen LogP contribution in [0.4, 0.5) is 0 Å². The average molecular weight is 294 g/mol. The van der Waals surface area contributed by atoms with Gasteiger partial charge in [0.1, 0.15) is 4.88 Å². The Morgan fingerprint density at radius 1 is 1.26 bits per heavy atom. The highest BCUT2D eigenvalue weighted by Crippen LogP contribution is 2.35. The molecule has 0 bridgehead atoms. The van der Waals surface area contributed by atoms with Crippen LogP contribution in [0.15, 0.2) is 36.0 Å². The molecule has 0 saturated carbocycles. The SMILES string of the molecule is CC(=O)C=C(C)NC(=O)c1sc2ccccc2c1Cl. The number of amides is 1. The van der Waals surface area contributed by atoms with Gasteiger partial charge >= 0.3 is 0 Å². The molecule has 0 aliphatic rings. The first kappa shape index (κ1) is 13.8. The van der Waals surface area contributed by atoms with Crippen molar-refractivity contribution < 1.29 is 9.59 Å². The number of halogens is 1. The maximum absolute atomic E-state index is 12.1. The fraction of sp³-hybridized carbons (Fsp3) is 0.143. The lowest BCUT2D eigenvalue weighted by Crippen LogP contribution is -2.21. The lowest BCUT2D eigenvalue weighted by Gasteiger charge is -2.03. The molecule has 0 aliphatic heterocycles. The third kappa shape index (κ3) is 3.03. The lowest BCUT2D eigenvalue weighted by atomic mass is 10.2. The van der Waals surface area contributed by atoms with Crippen LogP contribution in [0, 0.1) is 0 Å². The van der Waals surface area contributed by atoms with E-state index in [9.17, 15) is 9.59 Å². The van der Waals surface area contributed by atoms with Crippen LogP contribution in [-0.2, 0) is 4.79 Å². The molecule has 0 spiro atoms. The van der Waals surface area contributed by atoms with E-state index < -0.39 is 0 Å². The summed E-state index contributed by atoms with van der Waals surface area (Å²) in [5.74, 6) is -0.401. The maximum atomic E-state index is 12.1. The Morgan fingerprint density at radius 2 is 1.95 bits per heavy atom.